The number of nitriles is 1. The van der Waals surface area contributed by atoms with E-state index in [9.17, 15) is 4.79 Å². The number of halogens is 2. The van der Waals surface area contributed by atoms with Crippen LogP contribution in [-0.2, 0) is 4.79 Å². The number of carbonyl (C=O) groups excluding carboxylic acids is 1. The molecule has 0 heterocycles. The van der Waals surface area contributed by atoms with Crippen molar-refractivity contribution in [1.82, 2.24) is 5.32 Å². The van der Waals surface area contributed by atoms with Crippen LogP contribution in [-0.4, -0.2) is 17.6 Å². The molecule has 1 atom stereocenters. The maximum absolute atomic E-state index is 12.0. The molecule has 6 heteroatoms. The average Bonchev–Trinajstić information content (AvgIpc) is 2.39. The third-order valence-electron chi connectivity index (χ3n) is 2.67. The van der Waals surface area contributed by atoms with Crippen LogP contribution in [0.4, 0.5) is 0 Å². The highest BCUT2D eigenvalue weighted by Gasteiger charge is 2.24. The molecule has 1 amide bonds. The lowest BCUT2D eigenvalue weighted by Gasteiger charge is -2.22. The molecule has 108 valence electrons. The van der Waals surface area contributed by atoms with Crippen LogP contribution < -0.4 is 10.1 Å². The first-order valence-electron chi connectivity index (χ1n) is 6.02. The summed E-state index contributed by atoms with van der Waals surface area (Å²) in [5, 5.41) is 12.1. The van der Waals surface area contributed by atoms with Crippen LogP contribution in [0.15, 0.2) is 16.6 Å². The molecule has 0 spiro atoms. The number of nitrogens with one attached hydrogen (secondary N) is 1. The molecule has 0 aliphatic carbocycles. The zero-order valence-corrected chi connectivity index (χ0v) is 14.1. The second kappa shape index (κ2) is 6.47. The van der Waals surface area contributed by atoms with Gasteiger partial charge in [-0.05, 0) is 61.3 Å². The molecule has 4 nitrogen and oxygen atoms in total. The van der Waals surface area contributed by atoms with Gasteiger partial charge in [-0.3, -0.25) is 4.79 Å². The van der Waals surface area contributed by atoms with Crippen molar-refractivity contribution >= 4 is 33.4 Å². The number of ether oxygens (including phenoxy) is 1. The Morgan fingerprint density at radius 2 is 2.15 bits per heavy atom. The Balaban J connectivity index is 2.82. The van der Waals surface area contributed by atoms with Crippen molar-refractivity contribution in [3.8, 4) is 11.8 Å². The lowest BCUT2D eigenvalue weighted by atomic mass is 10.1. The van der Waals surface area contributed by atoms with E-state index in [0.717, 1.165) is 5.56 Å². The fraction of sp³-hybridized carbons (Fsp3) is 0.429. The molecule has 1 aromatic rings. The van der Waals surface area contributed by atoms with Crippen LogP contribution in [0.2, 0.25) is 5.02 Å². The molecule has 20 heavy (non-hydrogen) atoms. The van der Waals surface area contributed by atoms with Gasteiger partial charge in [-0.15, -0.1) is 0 Å². The van der Waals surface area contributed by atoms with Crippen molar-refractivity contribution in [2.75, 3.05) is 0 Å². The Hall–Kier alpha value is -1.25. The molecule has 0 radical (unpaired) electrons. The number of carbonyl (C=O) groups is 1. The summed E-state index contributed by atoms with van der Waals surface area (Å²) in [6, 6.07) is 5.41. The maximum Gasteiger partial charge on any atom is 0.262 e. The number of benzene rings is 1. The molecular weight excluding hydrogens is 344 g/mol. The van der Waals surface area contributed by atoms with Gasteiger partial charge < -0.3 is 10.1 Å². The zero-order valence-electron chi connectivity index (χ0n) is 11.8. The fourth-order valence-electron chi connectivity index (χ4n) is 1.41. The van der Waals surface area contributed by atoms with Gasteiger partial charge in [0.2, 0.25) is 0 Å². The molecule has 1 unspecified atom stereocenters. The Morgan fingerprint density at radius 3 is 2.70 bits per heavy atom. The zero-order chi connectivity index (χ0) is 15.5. The molecule has 0 saturated heterocycles. The normalized spacial score (nSPS) is 12.4. The first-order valence-corrected chi connectivity index (χ1v) is 7.19. The van der Waals surface area contributed by atoms with Gasteiger partial charge in [-0.25, -0.2) is 0 Å². The Morgan fingerprint density at radius 1 is 1.55 bits per heavy atom. The molecule has 0 aliphatic heterocycles. The van der Waals surface area contributed by atoms with Gasteiger partial charge in [0.15, 0.2) is 6.10 Å². The molecule has 1 N–H and O–H groups in total. The van der Waals surface area contributed by atoms with E-state index >= 15 is 0 Å². The highest BCUT2D eigenvalue weighted by molar-refractivity contribution is 9.10. The summed E-state index contributed by atoms with van der Waals surface area (Å²) in [6.07, 6.45) is -0.723. The van der Waals surface area contributed by atoms with Crippen LogP contribution in [0.3, 0.4) is 0 Å². The van der Waals surface area contributed by atoms with Crippen molar-refractivity contribution in [2.45, 2.75) is 39.3 Å². The average molecular weight is 360 g/mol. The molecule has 0 bridgehead atoms. The fourth-order valence-corrected chi connectivity index (χ4v) is 2.12. The Bertz CT molecular complexity index is 567. The number of hydrogen-bond donors (Lipinski definition) is 1. The smallest absolute Gasteiger partial charge is 0.262 e. The summed E-state index contributed by atoms with van der Waals surface area (Å²) >= 11 is 9.38. The first kappa shape index (κ1) is 16.8. The molecule has 0 saturated carbocycles. The van der Waals surface area contributed by atoms with Gasteiger partial charge in [0.1, 0.15) is 11.3 Å². The van der Waals surface area contributed by atoms with Gasteiger partial charge in [0, 0.05) is 5.02 Å². The molecule has 0 aromatic heterocycles. The number of nitrogens with zero attached hydrogens (tertiary/aromatic N) is 1. The Kier molecular flexibility index (Phi) is 5.43. The van der Waals surface area contributed by atoms with Gasteiger partial charge in [0.25, 0.3) is 5.91 Å². The summed E-state index contributed by atoms with van der Waals surface area (Å²) in [7, 11) is 0. The Labute approximate surface area is 132 Å². The number of amides is 1. The predicted molar refractivity (Wildman–Crippen MR) is 81.8 cm³/mol. The quantitative estimate of drug-likeness (QED) is 0.893. The van der Waals surface area contributed by atoms with Crippen molar-refractivity contribution in [3.05, 3.63) is 27.2 Å². The van der Waals surface area contributed by atoms with E-state index in [0.29, 0.717) is 15.2 Å². The topological polar surface area (TPSA) is 62.1 Å². The SMILES string of the molecule is Cc1c(Cl)ccc(OC(C)C(=O)NC(C)(C)C#N)c1Br. The van der Waals surface area contributed by atoms with Crippen molar-refractivity contribution < 1.29 is 9.53 Å². The lowest BCUT2D eigenvalue weighted by molar-refractivity contribution is -0.128. The van der Waals surface area contributed by atoms with E-state index in [1.807, 2.05) is 13.0 Å². The van der Waals surface area contributed by atoms with Crippen LogP contribution in [0.1, 0.15) is 26.3 Å². The maximum atomic E-state index is 12.0. The molecule has 1 rings (SSSR count). The van der Waals surface area contributed by atoms with Crippen LogP contribution >= 0.6 is 27.5 Å². The second-order valence-electron chi connectivity index (χ2n) is 4.97. The van der Waals surface area contributed by atoms with Crippen molar-refractivity contribution in [2.24, 2.45) is 0 Å². The summed E-state index contributed by atoms with van der Waals surface area (Å²) in [5.74, 6) is 0.181. The van der Waals surface area contributed by atoms with Crippen LogP contribution in [0.25, 0.3) is 0 Å². The summed E-state index contributed by atoms with van der Waals surface area (Å²) in [5.41, 5.74) is -0.0869. The van der Waals surface area contributed by atoms with E-state index in [1.165, 1.54) is 0 Å². The number of hydrogen-bond acceptors (Lipinski definition) is 3. The molecule has 0 aliphatic rings. The van der Waals surface area contributed by atoms with Crippen molar-refractivity contribution in [3.63, 3.8) is 0 Å². The van der Waals surface area contributed by atoms with E-state index < -0.39 is 11.6 Å². The highest BCUT2D eigenvalue weighted by Crippen LogP contribution is 2.33. The third kappa shape index (κ3) is 4.12. The van der Waals surface area contributed by atoms with Gasteiger partial charge >= 0.3 is 0 Å². The minimum Gasteiger partial charge on any atom is -0.480 e. The van der Waals surface area contributed by atoms with Crippen molar-refractivity contribution in [1.29, 1.82) is 5.26 Å². The van der Waals surface area contributed by atoms with Crippen LogP contribution in [0.5, 0.6) is 5.75 Å². The van der Waals surface area contributed by atoms with Gasteiger partial charge in [-0.2, -0.15) is 5.26 Å². The minimum absolute atomic E-state index is 0.351. The second-order valence-corrected chi connectivity index (χ2v) is 6.17. The van der Waals surface area contributed by atoms with Gasteiger partial charge in [0.05, 0.1) is 10.5 Å². The predicted octanol–water partition coefficient (Wildman–Crippen LogP) is 3.60. The van der Waals surface area contributed by atoms with Crippen LogP contribution in [0, 0.1) is 18.3 Å². The monoisotopic (exact) mass is 358 g/mol. The lowest BCUT2D eigenvalue weighted by Crippen LogP contribution is -2.47. The largest absolute Gasteiger partial charge is 0.480 e. The summed E-state index contributed by atoms with van der Waals surface area (Å²) in [6.45, 7) is 6.72. The van der Waals surface area contributed by atoms with E-state index in [1.54, 1.807) is 32.9 Å². The molecule has 1 aromatic carbocycles. The standard InChI is InChI=1S/C14H16BrClN2O2/c1-8-10(16)5-6-11(12(8)15)20-9(2)13(19)18-14(3,4)7-17/h5-6,9H,1-4H3,(H,18,19). The molecule has 0 fully saturated rings. The van der Waals surface area contributed by atoms with E-state index in [2.05, 4.69) is 21.2 Å². The number of rotatable bonds is 4. The van der Waals surface area contributed by atoms with Gasteiger partial charge in [-0.1, -0.05) is 11.6 Å². The molecular formula is C14H16BrClN2O2. The first-order chi connectivity index (χ1) is 9.18. The highest BCUT2D eigenvalue weighted by atomic mass is 79.9. The minimum atomic E-state index is -0.929. The summed E-state index contributed by atoms with van der Waals surface area (Å²) in [4.78, 5) is 12.0. The van der Waals surface area contributed by atoms with E-state index in [-0.39, 0.29) is 5.91 Å². The summed E-state index contributed by atoms with van der Waals surface area (Å²) < 4.78 is 6.32. The third-order valence-corrected chi connectivity index (χ3v) is 4.07. The van der Waals surface area contributed by atoms with E-state index in [4.69, 9.17) is 21.6 Å².